The zero-order valence-electron chi connectivity index (χ0n) is 18.1. The molecule has 0 unspecified atom stereocenters. The van der Waals surface area contributed by atoms with Gasteiger partial charge in [0.25, 0.3) is 5.56 Å². The zero-order chi connectivity index (χ0) is 23.5. The number of fused-ring (bicyclic) bond motifs is 1. The van der Waals surface area contributed by atoms with Gasteiger partial charge in [-0.1, -0.05) is 59.8 Å². The first kappa shape index (κ1) is 22.2. The average Bonchev–Trinajstić information content (AvgIpc) is 3.33. The van der Waals surface area contributed by atoms with Crippen LogP contribution in [-0.2, 0) is 5.75 Å². The maximum Gasteiger partial charge on any atom is 0.266 e. The predicted molar refractivity (Wildman–Crippen MR) is 133 cm³/mol. The zero-order valence-corrected chi connectivity index (χ0v) is 19.7. The molecule has 0 N–H and O–H groups in total. The predicted octanol–water partition coefficient (Wildman–Crippen LogP) is 5.78. The lowest BCUT2D eigenvalue weighted by atomic mass is 10.2. The molecule has 5 aromatic rings. The van der Waals surface area contributed by atoms with Crippen molar-refractivity contribution in [1.29, 1.82) is 0 Å². The van der Waals surface area contributed by atoms with Gasteiger partial charge in [0.1, 0.15) is 5.75 Å². The number of rotatable bonds is 7. The summed E-state index contributed by atoms with van der Waals surface area (Å²) < 4.78 is 13.2. The van der Waals surface area contributed by atoms with Gasteiger partial charge in [0, 0.05) is 0 Å². The van der Waals surface area contributed by atoms with E-state index in [-0.39, 0.29) is 5.56 Å². The fraction of sp³-hybridized carbons (Fsp3) is 0.120. The summed E-state index contributed by atoms with van der Waals surface area (Å²) in [6.07, 6.45) is 0. The highest BCUT2D eigenvalue weighted by molar-refractivity contribution is 7.98. The van der Waals surface area contributed by atoms with Gasteiger partial charge in [-0.2, -0.15) is 0 Å². The third kappa shape index (κ3) is 4.30. The molecule has 34 heavy (non-hydrogen) atoms. The molecule has 0 saturated heterocycles. The number of ether oxygens (including phenoxy) is 1. The molecule has 170 valence electrons. The van der Waals surface area contributed by atoms with E-state index in [1.807, 2.05) is 67.6 Å². The summed E-state index contributed by atoms with van der Waals surface area (Å²) in [6, 6.07) is 22.0. The van der Waals surface area contributed by atoms with Crippen LogP contribution in [0.25, 0.3) is 28.0 Å². The summed E-state index contributed by atoms with van der Waals surface area (Å²) in [7, 11) is 0. The lowest BCUT2D eigenvalue weighted by Gasteiger charge is -2.16. The molecule has 3 aromatic carbocycles. The third-order valence-corrected chi connectivity index (χ3v) is 6.30. The van der Waals surface area contributed by atoms with E-state index in [0.29, 0.717) is 62.2 Å². The summed E-state index contributed by atoms with van der Waals surface area (Å²) in [5, 5.41) is 9.82. The molecule has 0 aliphatic heterocycles. The second-order valence-corrected chi connectivity index (χ2v) is 8.57. The second kappa shape index (κ2) is 9.70. The molecule has 0 atom stereocenters. The molecule has 0 spiro atoms. The van der Waals surface area contributed by atoms with E-state index in [9.17, 15) is 4.79 Å². The Bertz CT molecular complexity index is 1530. The Hall–Kier alpha value is -3.62. The molecule has 5 rings (SSSR count). The number of halogens is 1. The molecule has 0 amide bonds. The minimum absolute atomic E-state index is 0.178. The summed E-state index contributed by atoms with van der Waals surface area (Å²) in [4.78, 5) is 18.3. The van der Waals surface area contributed by atoms with Crippen LogP contribution in [0, 0.1) is 0 Å². The lowest BCUT2D eigenvalue weighted by molar-refractivity contribution is 0.338. The second-order valence-electron chi connectivity index (χ2n) is 7.22. The smallest absolute Gasteiger partial charge is 0.266 e. The van der Waals surface area contributed by atoms with Gasteiger partial charge in [0.15, 0.2) is 5.16 Å². The van der Waals surface area contributed by atoms with Crippen molar-refractivity contribution >= 4 is 34.3 Å². The topological polar surface area (TPSA) is 83.0 Å². The van der Waals surface area contributed by atoms with Gasteiger partial charge in [0.05, 0.1) is 39.5 Å². The number of aromatic nitrogens is 4. The van der Waals surface area contributed by atoms with Gasteiger partial charge < -0.3 is 9.15 Å². The van der Waals surface area contributed by atoms with E-state index in [1.54, 1.807) is 16.7 Å². The Morgan fingerprint density at radius 2 is 1.76 bits per heavy atom. The van der Waals surface area contributed by atoms with E-state index in [2.05, 4.69) is 10.2 Å². The van der Waals surface area contributed by atoms with E-state index < -0.39 is 0 Å². The summed E-state index contributed by atoms with van der Waals surface area (Å²) in [5.74, 6) is 1.66. The van der Waals surface area contributed by atoms with Crippen molar-refractivity contribution < 1.29 is 9.15 Å². The fourth-order valence-corrected chi connectivity index (χ4v) is 4.58. The maximum atomic E-state index is 13.5. The van der Waals surface area contributed by atoms with Crippen molar-refractivity contribution in [3.8, 4) is 22.9 Å². The van der Waals surface area contributed by atoms with E-state index in [4.69, 9.17) is 25.7 Å². The molecule has 9 heteroatoms. The van der Waals surface area contributed by atoms with E-state index >= 15 is 0 Å². The molecule has 0 radical (unpaired) electrons. The van der Waals surface area contributed by atoms with Crippen LogP contribution in [0.1, 0.15) is 12.8 Å². The van der Waals surface area contributed by atoms with Crippen LogP contribution >= 0.6 is 23.4 Å². The minimum atomic E-state index is -0.178. The molecule has 0 fully saturated rings. The van der Waals surface area contributed by atoms with Crippen LogP contribution in [0.4, 0.5) is 0 Å². The first-order chi connectivity index (χ1) is 16.7. The standard InChI is InChI=1S/C25H19ClN4O3S/c1-2-32-21-14-8-7-13-20(21)30-24(31)17-10-4-6-12-19(17)27-25(30)34-15-22-28-29-23(33-22)16-9-3-5-11-18(16)26/h3-14H,2,15H2,1H3. The largest absolute Gasteiger partial charge is 0.492 e. The molecule has 2 aromatic heterocycles. The number of hydrogen-bond donors (Lipinski definition) is 0. The Balaban J connectivity index is 1.55. The van der Waals surface area contributed by atoms with Crippen molar-refractivity contribution in [2.75, 3.05) is 6.61 Å². The number of para-hydroxylation sites is 3. The van der Waals surface area contributed by atoms with E-state index in [1.165, 1.54) is 11.8 Å². The van der Waals surface area contributed by atoms with Gasteiger partial charge in [0.2, 0.25) is 11.8 Å². The van der Waals surface area contributed by atoms with Crippen LogP contribution in [0.2, 0.25) is 5.02 Å². The van der Waals surface area contributed by atoms with Crippen LogP contribution in [0.3, 0.4) is 0 Å². The Morgan fingerprint density at radius 1 is 1.00 bits per heavy atom. The summed E-state index contributed by atoms with van der Waals surface area (Å²) >= 11 is 7.58. The van der Waals surface area contributed by atoms with Crippen molar-refractivity contribution in [3.05, 3.63) is 94.1 Å². The number of hydrogen-bond acceptors (Lipinski definition) is 7. The molecule has 0 saturated carbocycles. The van der Waals surface area contributed by atoms with Crippen LogP contribution in [0.15, 0.2) is 87.2 Å². The Kier molecular flexibility index (Phi) is 6.33. The molecule has 0 aliphatic rings. The Labute approximate surface area is 204 Å². The van der Waals surface area contributed by atoms with Gasteiger partial charge >= 0.3 is 0 Å². The molecule has 2 heterocycles. The van der Waals surface area contributed by atoms with Gasteiger partial charge in [-0.25, -0.2) is 4.98 Å². The van der Waals surface area contributed by atoms with E-state index in [0.717, 1.165) is 0 Å². The Morgan fingerprint density at radius 3 is 2.62 bits per heavy atom. The molecule has 7 nitrogen and oxygen atoms in total. The lowest BCUT2D eigenvalue weighted by Crippen LogP contribution is -2.22. The quantitative estimate of drug-likeness (QED) is 0.211. The number of thioether (sulfide) groups is 1. The highest BCUT2D eigenvalue weighted by Gasteiger charge is 2.18. The average molecular weight is 491 g/mol. The maximum absolute atomic E-state index is 13.5. The van der Waals surface area contributed by atoms with Crippen molar-refractivity contribution in [2.45, 2.75) is 17.8 Å². The molecule has 0 bridgehead atoms. The van der Waals surface area contributed by atoms with Crippen LogP contribution < -0.4 is 10.3 Å². The van der Waals surface area contributed by atoms with Crippen molar-refractivity contribution in [1.82, 2.24) is 19.7 Å². The summed E-state index contributed by atoms with van der Waals surface area (Å²) in [5.41, 5.74) is 1.72. The molecular formula is C25H19ClN4O3S. The monoisotopic (exact) mass is 490 g/mol. The minimum Gasteiger partial charge on any atom is -0.492 e. The fourth-order valence-electron chi connectivity index (χ4n) is 3.52. The summed E-state index contributed by atoms with van der Waals surface area (Å²) in [6.45, 7) is 2.38. The van der Waals surface area contributed by atoms with Crippen molar-refractivity contribution in [3.63, 3.8) is 0 Å². The SMILES string of the molecule is CCOc1ccccc1-n1c(SCc2nnc(-c3ccccc3Cl)o2)nc2ccccc2c1=O. The molecule has 0 aliphatic carbocycles. The normalized spacial score (nSPS) is 11.1. The first-order valence-electron chi connectivity index (χ1n) is 10.6. The van der Waals surface area contributed by atoms with Gasteiger partial charge in [-0.3, -0.25) is 9.36 Å². The number of nitrogens with zero attached hydrogens (tertiary/aromatic N) is 4. The van der Waals surface area contributed by atoms with Crippen LogP contribution in [0.5, 0.6) is 5.75 Å². The molecular weight excluding hydrogens is 472 g/mol. The highest BCUT2D eigenvalue weighted by Crippen LogP contribution is 2.30. The number of benzene rings is 3. The van der Waals surface area contributed by atoms with Gasteiger partial charge in [-0.15, -0.1) is 10.2 Å². The van der Waals surface area contributed by atoms with Crippen molar-refractivity contribution in [2.24, 2.45) is 0 Å². The van der Waals surface area contributed by atoms with Gasteiger partial charge in [-0.05, 0) is 43.3 Å². The van der Waals surface area contributed by atoms with Crippen LogP contribution in [-0.4, -0.2) is 26.4 Å². The highest BCUT2D eigenvalue weighted by atomic mass is 35.5. The third-order valence-electron chi connectivity index (χ3n) is 5.05. The first-order valence-corrected chi connectivity index (χ1v) is 12.0.